The molecule has 0 spiro atoms. The summed E-state index contributed by atoms with van der Waals surface area (Å²) in [6.07, 6.45) is 0. The van der Waals surface area contributed by atoms with Crippen molar-refractivity contribution in [1.29, 1.82) is 0 Å². The highest BCUT2D eigenvalue weighted by Gasteiger charge is 2.57. The number of morpholine rings is 2. The molecule has 0 N–H and O–H groups in total. The molecule has 0 aromatic heterocycles. The number of quaternary nitrogens is 2. The maximum atomic E-state index is 10.7. The van der Waals surface area contributed by atoms with Crippen molar-refractivity contribution in [3.05, 3.63) is 130 Å². The Morgan fingerprint density at radius 2 is 0.774 bits per heavy atom. The molecule has 10 nitrogen and oxygen atoms in total. The molecule has 11 rings (SSSR count). The van der Waals surface area contributed by atoms with E-state index in [-0.39, 0.29) is 0 Å². The number of hydrogen-bond donors (Lipinski definition) is 0. The fourth-order valence-corrected chi connectivity index (χ4v) is 8.98. The SMILES string of the molecule is C[N+]1(C2(c3c4ccccc4c(C4([N+]5(C)CCOCC5)C#Cc5ccc4cc5)c4ccccc34)C#Cc3ccc2cc3)CCOCC1.O=S(=O)([O-])C(F)(F)F.O=S(=O)([O-])C(F)(F)F. The molecule has 18 heteroatoms. The van der Waals surface area contributed by atoms with Gasteiger partial charge in [0, 0.05) is 33.4 Å². The number of halogens is 6. The van der Waals surface area contributed by atoms with E-state index in [2.05, 4.69) is 135 Å². The van der Waals surface area contributed by atoms with Crippen molar-refractivity contribution < 1.29 is 70.7 Å². The van der Waals surface area contributed by atoms with E-state index in [9.17, 15) is 26.3 Å². The maximum Gasteiger partial charge on any atom is 0.485 e. The van der Waals surface area contributed by atoms with Gasteiger partial charge >= 0.3 is 11.0 Å². The predicted octanol–water partition coefficient (Wildman–Crippen LogP) is 6.27. The van der Waals surface area contributed by atoms with E-state index in [1.54, 1.807) is 0 Å². The molecule has 0 amide bonds. The first-order valence-corrected chi connectivity index (χ1v) is 21.9. The zero-order valence-corrected chi connectivity index (χ0v) is 34.8. The number of ether oxygens (including phenoxy) is 2. The van der Waals surface area contributed by atoms with E-state index in [0.29, 0.717) is 0 Å². The molecular formula is C44H38F6N2O8S2. The van der Waals surface area contributed by atoms with Crippen LogP contribution in [0.15, 0.2) is 97.1 Å². The molecule has 2 heterocycles. The first-order valence-electron chi connectivity index (χ1n) is 19.1. The maximum absolute atomic E-state index is 10.7. The van der Waals surface area contributed by atoms with E-state index in [1.807, 2.05) is 0 Å². The van der Waals surface area contributed by atoms with Crippen LogP contribution in [0, 0.1) is 23.7 Å². The van der Waals surface area contributed by atoms with Gasteiger partial charge in [-0.05, 0) is 57.7 Å². The molecule has 0 saturated carbocycles. The van der Waals surface area contributed by atoms with Crippen LogP contribution in [0.4, 0.5) is 26.3 Å². The van der Waals surface area contributed by atoms with Crippen molar-refractivity contribution in [2.45, 2.75) is 22.1 Å². The van der Waals surface area contributed by atoms with Gasteiger partial charge in [-0.3, -0.25) is 8.97 Å². The number of benzene rings is 5. The highest BCUT2D eigenvalue weighted by atomic mass is 32.2. The third-order valence-corrected chi connectivity index (χ3v) is 13.3. The van der Waals surface area contributed by atoms with Crippen molar-refractivity contribution in [2.24, 2.45) is 0 Å². The molecule has 2 aliphatic heterocycles. The van der Waals surface area contributed by atoms with Gasteiger partial charge in [-0.2, -0.15) is 26.3 Å². The summed E-state index contributed by atoms with van der Waals surface area (Å²) in [6.45, 7) is 6.42. The lowest BCUT2D eigenvalue weighted by atomic mass is 9.70. The molecule has 2 unspecified atom stereocenters. The van der Waals surface area contributed by atoms with E-state index in [1.165, 1.54) is 43.8 Å². The normalized spacial score (nSPS) is 22.4. The van der Waals surface area contributed by atoms with Crippen molar-refractivity contribution in [1.82, 2.24) is 0 Å². The highest BCUT2D eigenvalue weighted by Crippen LogP contribution is 2.53. The van der Waals surface area contributed by atoms with E-state index in [0.717, 1.165) is 72.7 Å². The predicted molar refractivity (Wildman–Crippen MR) is 215 cm³/mol. The highest BCUT2D eigenvalue weighted by molar-refractivity contribution is 7.86. The molecule has 62 heavy (non-hydrogen) atoms. The number of nitrogens with zero attached hydrogens (tertiary/aromatic N) is 2. The fourth-order valence-electron chi connectivity index (χ4n) is 8.98. The van der Waals surface area contributed by atoms with Crippen LogP contribution >= 0.6 is 0 Å². The van der Waals surface area contributed by atoms with Crippen LogP contribution in [0.1, 0.15) is 33.4 Å². The van der Waals surface area contributed by atoms with Crippen LogP contribution in [0.2, 0.25) is 0 Å². The van der Waals surface area contributed by atoms with Crippen LogP contribution in [-0.4, -0.2) is 113 Å². The Hall–Kier alpha value is -5.02. The first kappa shape index (κ1) is 45.0. The second-order valence-corrected chi connectivity index (χ2v) is 18.4. The average Bonchev–Trinajstić information content (AvgIpc) is 3.68. The number of rotatable bonds is 4. The summed E-state index contributed by atoms with van der Waals surface area (Å²) in [5, 5.41) is 5.01. The summed E-state index contributed by atoms with van der Waals surface area (Å²) in [5.74, 6) is 15.2. The van der Waals surface area contributed by atoms with Gasteiger partial charge in [-0.1, -0.05) is 84.6 Å². The first-order chi connectivity index (χ1) is 29.0. The van der Waals surface area contributed by atoms with Crippen LogP contribution in [0.3, 0.4) is 0 Å². The Labute approximate surface area is 354 Å². The minimum atomic E-state index is -6.09. The quantitative estimate of drug-likeness (QED) is 0.0516. The minimum absolute atomic E-state index is 0.590. The van der Waals surface area contributed by atoms with Crippen LogP contribution in [0.5, 0.6) is 0 Å². The minimum Gasteiger partial charge on any atom is -0.741 e. The zero-order valence-electron chi connectivity index (χ0n) is 33.1. The Balaban J connectivity index is 0.000000309. The second-order valence-electron chi connectivity index (χ2n) is 15.6. The molecule has 326 valence electrons. The summed E-state index contributed by atoms with van der Waals surface area (Å²) >= 11 is 0. The lowest BCUT2D eigenvalue weighted by molar-refractivity contribution is -0.958. The molecule has 2 atom stereocenters. The van der Waals surface area contributed by atoms with Crippen molar-refractivity contribution >= 4 is 41.8 Å². The average molecular weight is 901 g/mol. The lowest BCUT2D eigenvalue weighted by Gasteiger charge is -2.52. The van der Waals surface area contributed by atoms with Gasteiger partial charge in [0.2, 0.25) is 11.1 Å². The second kappa shape index (κ2) is 16.0. The van der Waals surface area contributed by atoms with Gasteiger partial charge in [-0.15, -0.1) is 0 Å². The Morgan fingerprint density at radius 1 is 0.516 bits per heavy atom. The van der Waals surface area contributed by atoms with Crippen LogP contribution < -0.4 is 0 Å². The standard InChI is InChI=1S/C42H38N2O2.2CHF3O3S/c1-43(23-27-45-28-24-43)41(21-19-31-11-15-33(41)16-12-31)39-35-7-3-5-9-37(35)40(38-10-6-4-8-36(38)39)42(44(2)25-29-46-30-26-44)22-20-32-13-17-34(42)18-14-32;2*2-1(3,4)8(5,6)7/h3-18H,23-30H2,1-2H3;2*(H,5,6,7)/q+2;;/p-2. The van der Waals surface area contributed by atoms with Crippen molar-refractivity contribution in [2.75, 3.05) is 66.7 Å². The van der Waals surface area contributed by atoms with Crippen molar-refractivity contribution in [3.8, 4) is 23.7 Å². The van der Waals surface area contributed by atoms with E-state index >= 15 is 0 Å². The van der Waals surface area contributed by atoms with E-state index in [4.69, 9.17) is 35.4 Å². The summed E-state index contributed by atoms with van der Waals surface area (Å²) in [5.41, 5.74) is -5.25. The summed E-state index contributed by atoms with van der Waals surface area (Å²) < 4.78 is 131. The lowest BCUT2D eigenvalue weighted by Crippen LogP contribution is -2.65. The molecule has 5 aromatic carbocycles. The third-order valence-electron chi connectivity index (χ3n) is 12.1. The zero-order chi connectivity index (χ0) is 45.0. The van der Waals surface area contributed by atoms with Gasteiger partial charge in [0.25, 0.3) is 0 Å². The molecule has 4 aliphatic carbocycles. The van der Waals surface area contributed by atoms with Gasteiger partial charge in [0.05, 0.1) is 40.5 Å². The largest absolute Gasteiger partial charge is 0.741 e. The third kappa shape index (κ3) is 7.62. The molecule has 5 aromatic rings. The summed E-state index contributed by atoms with van der Waals surface area (Å²) in [6, 6.07) is 36.2. The van der Waals surface area contributed by atoms with Crippen molar-refractivity contribution in [3.63, 3.8) is 0 Å². The topological polar surface area (TPSA) is 133 Å². The molecule has 2 fully saturated rings. The smallest absolute Gasteiger partial charge is 0.485 e. The molecule has 6 aliphatic rings. The van der Waals surface area contributed by atoms with Crippen LogP contribution in [-0.2, 0) is 40.8 Å². The summed E-state index contributed by atoms with van der Waals surface area (Å²) in [7, 11) is -7.39. The van der Waals surface area contributed by atoms with Gasteiger partial charge in [0.15, 0.2) is 20.2 Å². The van der Waals surface area contributed by atoms with Gasteiger partial charge in [-0.25, -0.2) is 16.8 Å². The molecule has 2 saturated heterocycles. The number of likely N-dealkylation sites (N-methyl/N-ethyl adjacent to an activating group) is 2. The number of alkyl halides is 6. The molecule has 4 bridgehead atoms. The number of hydrogen-bond acceptors (Lipinski definition) is 8. The Bertz CT molecular complexity index is 2640. The van der Waals surface area contributed by atoms with Crippen LogP contribution in [0.25, 0.3) is 21.5 Å². The molecular weight excluding hydrogens is 863 g/mol. The number of fused-ring (bicyclic) bond motifs is 8. The monoisotopic (exact) mass is 900 g/mol. The van der Waals surface area contributed by atoms with Gasteiger partial charge in [0.1, 0.15) is 26.2 Å². The summed E-state index contributed by atoms with van der Waals surface area (Å²) in [4.78, 5) is 0. The van der Waals surface area contributed by atoms with Gasteiger partial charge < -0.3 is 18.6 Å². The van der Waals surface area contributed by atoms with E-state index < -0.39 is 42.3 Å². The fraction of sp³-hybridized carbons (Fsp3) is 0.318. The molecule has 0 radical (unpaired) electrons. The Morgan fingerprint density at radius 3 is 1.02 bits per heavy atom. The Kier molecular flexibility index (Phi) is 11.6.